The average Bonchev–Trinajstić information content (AvgIpc) is 2.59. The smallest absolute Gasteiger partial charge is 0.387 e. The SMILES string of the molecule is COc1cc(/C=C/C(=O)C2C(=O)C=C(C)OC2=O)cc(OC)c1OC(F)F. The van der Waals surface area contributed by atoms with Crippen LogP contribution in [0.15, 0.2) is 30.0 Å². The Morgan fingerprint density at radius 2 is 1.78 bits per heavy atom. The van der Waals surface area contributed by atoms with E-state index in [1.54, 1.807) is 0 Å². The summed E-state index contributed by atoms with van der Waals surface area (Å²) in [5.74, 6) is -4.26. The molecule has 9 heteroatoms. The number of hydrogen-bond donors (Lipinski definition) is 0. The van der Waals surface area contributed by atoms with E-state index in [-0.39, 0.29) is 23.0 Å². The third kappa shape index (κ3) is 4.69. The van der Waals surface area contributed by atoms with E-state index < -0.39 is 30.1 Å². The van der Waals surface area contributed by atoms with Crippen molar-refractivity contribution >= 4 is 23.6 Å². The molecule has 1 aliphatic heterocycles. The van der Waals surface area contributed by atoms with E-state index in [1.165, 1.54) is 39.4 Å². The minimum Gasteiger partial charge on any atom is -0.493 e. The number of esters is 1. The van der Waals surface area contributed by atoms with Crippen LogP contribution in [-0.2, 0) is 19.1 Å². The second-order valence-corrected chi connectivity index (χ2v) is 5.38. The minimum atomic E-state index is -3.09. The Morgan fingerprint density at radius 3 is 2.26 bits per heavy atom. The molecule has 144 valence electrons. The van der Waals surface area contributed by atoms with Crippen LogP contribution < -0.4 is 14.2 Å². The van der Waals surface area contributed by atoms with Gasteiger partial charge in [0.2, 0.25) is 5.75 Å². The maximum Gasteiger partial charge on any atom is 0.387 e. The molecule has 1 atom stereocenters. The van der Waals surface area contributed by atoms with Crippen LogP contribution in [0.3, 0.4) is 0 Å². The number of carbonyl (C=O) groups is 3. The van der Waals surface area contributed by atoms with Crippen molar-refractivity contribution in [3.05, 3.63) is 35.6 Å². The number of rotatable bonds is 7. The average molecular weight is 382 g/mol. The summed E-state index contributed by atoms with van der Waals surface area (Å²) in [7, 11) is 2.49. The molecule has 0 fully saturated rings. The van der Waals surface area contributed by atoms with Crippen molar-refractivity contribution in [3.8, 4) is 17.2 Å². The van der Waals surface area contributed by atoms with Crippen LogP contribution in [0.2, 0.25) is 0 Å². The fraction of sp³-hybridized carbons (Fsp3) is 0.278. The van der Waals surface area contributed by atoms with Gasteiger partial charge in [0.05, 0.1) is 14.2 Å². The minimum absolute atomic E-state index is 0.0477. The lowest BCUT2D eigenvalue weighted by Gasteiger charge is -2.16. The molecule has 0 amide bonds. The summed E-state index contributed by atoms with van der Waals surface area (Å²) in [4.78, 5) is 35.8. The lowest BCUT2D eigenvalue weighted by atomic mass is 9.96. The van der Waals surface area contributed by atoms with Crippen molar-refractivity contribution in [3.63, 3.8) is 0 Å². The Morgan fingerprint density at radius 1 is 1.19 bits per heavy atom. The monoisotopic (exact) mass is 382 g/mol. The summed E-state index contributed by atoms with van der Waals surface area (Å²) in [5.41, 5.74) is 0.335. The van der Waals surface area contributed by atoms with Crippen molar-refractivity contribution in [1.82, 2.24) is 0 Å². The van der Waals surface area contributed by atoms with Gasteiger partial charge in [0.1, 0.15) is 5.76 Å². The number of hydrogen-bond acceptors (Lipinski definition) is 7. The third-order valence-corrected chi connectivity index (χ3v) is 3.54. The molecule has 1 aliphatic rings. The van der Waals surface area contributed by atoms with Crippen LogP contribution in [0.25, 0.3) is 6.08 Å². The predicted molar refractivity (Wildman–Crippen MR) is 88.6 cm³/mol. The van der Waals surface area contributed by atoms with Crippen molar-refractivity contribution in [2.75, 3.05) is 14.2 Å². The van der Waals surface area contributed by atoms with Gasteiger partial charge in [0, 0.05) is 6.08 Å². The first-order valence-corrected chi connectivity index (χ1v) is 7.63. The molecule has 2 rings (SSSR count). The van der Waals surface area contributed by atoms with Gasteiger partial charge >= 0.3 is 12.6 Å². The Hall–Kier alpha value is -3.23. The Labute approximate surface area is 153 Å². The number of ketones is 2. The lowest BCUT2D eigenvalue weighted by molar-refractivity contribution is -0.151. The maximum atomic E-state index is 12.5. The van der Waals surface area contributed by atoms with Gasteiger partial charge in [0.15, 0.2) is 29.0 Å². The van der Waals surface area contributed by atoms with Gasteiger partial charge in [-0.2, -0.15) is 8.78 Å². The molecule has 0 saturated carbocycles. The van der Waals surface area contributed by atoms with Gasteiger partial charge in [-0.15, -0.1) is 0 Å². The van der Waals surface area contributed by atoms with Crippen molar-refractivity contribution in [2.24, 2.45) is 5.92 Å². The van der Waals surface area contributed by atoms with Gasteiger partial charge < -0.3 is 18.9 Å². The Balaban J connectivity index is 2.30. The van der Waals surface area contributed by atoms with Crippen LogP contribution >= 0.6 is 0 Å². The van der Waals surface area contributed by atoms with Gasteiger partial charge in [-0.3, -0.25) is 14.4 Å². The first-order chi connectivity index (χ1) is 12.8. The van der Waals surface area contributed by atoms with Gasteiger partial charge in [0.25, 0.3) is 0 Å². The summed E-state index contributed by atoms with van der Waals surface area (Å²) in [6.07, 6.45) is 3.37. The van der Waals surface area contributed by atoms with Crippen LogP contribution in [0.5, 0.6) is 17.2 Å². The zero-order chi connectivity index (χ0) is 20.1. The van der Waals surface area contributed by atoms with E-state index in [0.717, 1.165) is 12.2 Å². The van der Waals surface area contributed by atoms with Gasteiger partial charge in [-0.25, -0.2) is 0 Å². The normalized spacial score (nSPS) is 17.0. The van der Waals surface area contributed by atoms with E-state index in [9.17, 15) is 23.2 Å². The van der Waals surface area contributed by atoms with Crippen LogP contribution in [-0.4, -0.2) is 38.4 Å². The van der Waals surface area contributed by atoms with Crippen molar-refractivity contribution in [2.45, 2.75) is 13.5 Å². The zero-order valence-corrected chi connectivity index (χ0v) is 14.7. The second-order valence-electron chi connectivity index (χ2n) is 5.38. The molecule has 0 spiro atoms. The highest BCUT2D eigenvalue weighted by molar-refractivity contribution is 6.25. The molecule has 0 aromatic heterocycles. The molecule has 1 aromatic carbocycles. The van der Waals surface area contributed by atoms with Crippen molar-refractivity contribution in [1.29, 1.82) is 0 Å². The quantitative estimate of drug-likeness (QED) is 0.407. The van der Waals surface area contributed by atoms with E-state index in [4.69, 9.17) is 14.2 Å². The molecular formula is C18H16F2O7. The largest absolute Gasteiger partial charge is 0.493 e. The zero-order valence-electron chi connectivity index (χ0n) is 14.7. The molecule has 0 aliphatic carbocycles. The molecule has 0 radical (unpaired) electrons. The van der Waals surface area contributed by atoms with E-state index >= 15 is 0 Å². The first kappa shape index (κ1) is 20.1. The molecule has 1 heterocycles. The number of allylic oxidation sites excluding steroid dienone is 3. The third-order valence-electron chi connectivity index (χ3n) is 3.54. The molecule has 1 aromatic rings. The number of benzene rings is 1. The number of alkyl halides is 2. The summed E-state index contributed by atoms with van der Waals surface area (Å²) in [5, 5.41) is 0. The molecule has 0 saturated heterocycles. The summed E-state index contributed by atoms with van der Waals surface area (Å²) < 4.78 is 44.3. The van der Waals surface area contributed by atoms with Gasteiger partial charge in [-0.05, 0) is 30.7 Å². The fourth-order valence-electron chi connectivity index (χ4n) is 2.38. The standard InChI is InChI=1S/C18H16F2O7/c1-9-6-12(22)15(17(23)26-9)11(21)5-4-10-7-13(24-2)16(27-18(19)20)14(8-10)25-3/h4-8,15,18H,1-3H3/b5-4+. The molecular weight excluding hydrogens is 366 g/mol. The predicted octanol–water partition coefficient (Wildman–Crippen LogP) is 2.53. The number of carbonyl (C=O) groups excluding carboxylic acids is 3. The molecule has 27 heavy (non-hydrogen) atoms. The van der Waals surface area contributed by atoms with Crippen LogP contribution in [0.4, 0.5) is 8.78 Å². The molecule has 7 nitrogen and oxygen atoms in total. The maximum absolute atomic E-state index is 12.5. The second kappa shape index (κ2) is 8.43. The van der Waals surface area contributed by atoms with Gasteiger partial charge in [-0.1, -0.05) is 6.08 Å². The topological polar surface area (TPSA) is 88.1 Å². The summed E-state index contributed by atoms with van der Waals surface area (Å²) in [6.45, 7) is -1.66. The van der Waals surface area contributed by atoms with Crippen LogP contribution in [0.1, 0.15) is 12.5 Å². The first-order valence-electron chi connectivity index (χ1n) is 7.63. The highest BCUT2D eigenvalue weighted by atomic mass is 19.3. The highest BCUT2D eigenvalue weighted by Crippen LogP contribution is 2.39. The van der Waals surface area contributed by atoms with Crippen LogP contribution in [0, 0.1) is 5.92 Å². The highest BCUT2D eigenvalue weighted by Gasteiger charge is 2.36. The Kier molecular flexibility index (Phi) is 6.27. The van der Waals surface area contributed by atoms with E-state index in [1.807, 2.05) is 0 Å². The molecule has 0 bridgehead atoms. The number of cyclic esters (lactones) is 1. The number of ether oxygens (including phenoxy) is 4. The fourth-order valence-corrected chi connectivity index (χ4v) is 2.38. The summed E-state index contributed by atoms with van der Waals surface area (Å²) >= 11 is 0. The molecule has 0 N–H and O–H groups in total. The Bertz CT molecular complexity index is 802. The van der Waals surface area contributed by atoms with Crippen molar-refractivity contribution < 1.29 is 42.1 Å². The van der Waals surface area contributed by atoms with E-state index in [2.05, 4.69) is 4.74 Å². The number of methoxy groups -OCH3 is 2. The lowest BCUT2D eigenvalue weighted by Crippen LogP contribution is -2.34. The molecule has 1 unspecified atom stereocenters. The number of halogens is 2. The van der Waals surface area contributed by atoms with E-state index in [0.29, 0.717) is 5.56 Å². The summed E-state index contributed by atoms with van der Waals surface area (Å²) in [6, 6.07) is 2.66.